The van der Waals surface area contributed by atoms with Gasteiger partial charge in [-0.2, -0.15) is 0 Å². The average Bonchev–Trinajstić information content (AvgIpc) is 2.27. The lowest BCUT2D eigenvalue weighted by Gasteiger charge is -1.87. The monoisotopic (exact) mass is 210 g/mol. The van der Waals surface area contributed by atoms with Crippen LogP contribution in [-0.2, 0) is 0 Å². The van der Waals surface area contributed by atoms with Gasteiger partial charge in [0.25, 0.3) is 0 Å². The van der Waals surface area contributed by atoms with Gasteiger partial charge in [0.15, 0.2) is 0 Å². The third-order valence-corrected chi connectivity index (χ3v) is 2.09. The minimum atomic E-state index is 0.950. The van der Waals surface area contributed by atoms with E-state index >= 15 is 0 Å². The zero-order chi connectivity index (χ0) is 7.84. The van der Waals surface area contributed by atoms with Gasteiger partial charge >= 0.3 is 0 Å². The fourth-order valence-electron chi connectivity index (χ4n) is 1.15. The van der Waals surface area contributed by atoms with Crippen molar-refractivity contribution < 1.29 is 4.42 Å². The molecule has 0 spiro atoms. The van der Waals surface area contributed by atoms with Crippen molar-refractivity contribution in [2.75, 3.05) is 0 Å². The topological polar surface area (TPSA) is 13.1 Å². The molecule has 11 heavy (non-hydrogen) atoms. The highest BCUT2D eigenvalue weighted by atomic mass is 79.9. The number of halogens is 1. The van der Waals surface area contributed by atoms with Crippen LogP contribution in [0.4, 0.5) is 0 Å². The molecule has 0 aliphatic heterocycles. The van der Waals surface area contributed by atoms with Gasteiger partial charge in [0, 0.05) is 9.86 Å². The van der Waals surface area contributed by atoms with Crippen LogP contribution in [0.25, 0.3) is 11.0 Å². The number of hydrogen-bond donors (Lipinski definition) is 0. The van der Waals surface area contributed by atoms with Crippen molar-refractivity contribution in [3.8, 4) is 0 Å². The highest BCUT2D eigenvalue weighted by Gasteiger charge is 1.98. The minimum absolute atomic E-state index is 0.950. The lowest BCUT2D eigenvalue weighted by Crippen LogP contribution is -1.62. The van der Waals surface area contributed by atoms with Crippen LogP contribution in [0.2, 0.25) is 0 Å². The number of rotatable bonds is 0. The zero-order valence-electron chi connectivity index (χ0n) is 6.10. The molecule has 0 aliphatic carbocycles. The number of furan rings is 1. The second kappa shape index (κ2) is 2.38. The molecule has 2 rings (SSSR count). The van der Waals surface area contributed by atoms with Gasteiger partial charge in [-0.15, -0.1) is 0 Å². The van der Waals surface area contributed by atoms with Crippen LogP contribution in [-0.4, -0.2) is 0 Å². The van der Waals surface area contributed by atoms with Crippen LogP contribution in [0.1, 0.15) is 5.76 Å². The van der Waals surface area contributed by atoms with Crippen LogP contribution in [0.15, 0.2) is 33.2 Å². The first-order valence-corrected chi connectivity index (χ1v) is 4.21. The molecule has 56 valence electrons. The highest BCUT2D eigenvalue weighted by molar-refractivity contribution is 9.10. The summed E-state index contributed by atoms with van der Waals surface area (Å²) in [7, 11) is 0. The van der Waals surface area contributed by atoms with Crippen molar-refractivity contribution >= 4 is 26.9 Å². The van der Waals surface area contributed by atoms with Crippen molar-refractivity contribution in [1.82, 2.24) is 0 Å². The maximum Gasteiger partial charge on any atom is 0.134 e. The molecule has 1 aromatic carbocycles. The molecule has 0 amide bonds. The molecule has 0 N–H and O–H groups in total. The first kappa shape index (κ1) is 6.92. The van der Waals surface area contributed by atoms with Crippen LogP contribution >= 0.6 is 15.9 Å². The van der Waals surface area contributed by atoms with E-state index in [1.54, 1.807) is 0 Å². The quantitative estimate of drug-likeness (QED) is 0.649. The standard InChI is InChI=1S/C9H7BrO/c1-6-4-7-5-8(10)2-3-9(7)11-6/h2-5H,1H3. The average molecular weight is 211 g/mol. The van der Waals surface area contributed by atoms with Crippen LogP contribution in [0, 0.1) is 6.92 Å². The molecule has 2 aromatic rings. The SMILES string of the molecule is Cc1cc2cc(Br)ccc2o1. The highest BCUT2D eigenvalue weighted by Crippen LogP contribution is 2.22. The van der Waals surface area contributed by atoms with Gasteiger partial charge in [-0.3, -0.25) is 0 Å². The Labute approximate surface area is 73.1 Å². The lowest BCUT2D eigenvalue weighted by molar-refractivity contribution is 0.578. The van der Waals surface area contributed by atoms with Crippen LogP contribution in [0.3, 0.4) is 0 Å². The van der Waals surface area contributed by atoms with E-state index in [0.29, 0.717) is 0 Å². The molecule has 1 heterocycles. The second-order valence-corrected chi connectivity index (χ2v) is 3.45. The van der Waals surface area contributed by atoms with E-state index in [9.17, 15) is 0 Å². The van der Waals surface area contributed by atoms with E-state index in [2.05, 4.69) is 15.9 Å². The van der Waals surface area contributed by atoms with Gasteiger partial charge in [-0.1, -0.05) is 15.9 Å². The van der Waals surface area contributed by atoms with E-state index in [1.165, 1.54) is 0 Å². The number of hydrogen-bond acceptors (Lipinski definition) is 1. The number of benzene rings is 1. The largest absolute Gasteiger partial charge is 0.461 e. The molecule has 2 heteroatoms. The van der Waals surface area contributed by atoms with E-state index < -0.39 is 0 Å². The fourth-order valence-corrected chi connectivity index (χ4v) is 1.53. The predicted molar refractivity (Wildman–Crippen MR) is 48.7 cm³/mol. The van der Waals surface area contributed by atoms with Gasteiger partial charge in [-0.05, 0) is 31.2 Å². The van der Waals surface area contributed by atoms with Crippen molar-refractivity contribution in [2.45, 2.75) is 6.92 Å². The molecule has 0 bridgehead atoms. The Morgan fingerprint density at radius 2 is 2.09 bits per heavy atom. The molecular formula is C9H7BrO. The van der Waals surface area contributed by atoms with E-state index in [1.807, 2.05) is 31.2 Å². The summed E-state index contributed by atoms with van der Waals surface area (Å²) in [4.78, 5) is 0. The molecule has 1 nitrogen and oxygen atoms in total. The van der Waals surface area contributed by atoms with Crippen molar-refractivity contribution in [1.29, 1.82) is 0 Å². The first-order valence-electron chi connectivity index (χ1n) is 3.41. The van der Waals surface area contributed by atoms with Crippen molar-refractivity contribution in [2.24, 2.45) is 0 Å². The third kappa shape index (κ3) is 1.18. The van der Waals surface area contributed by atoms with Crippen molar-refractivity contribution in [3.05, 3.63) is 34.5 Å². The molecular weight excluding hydrogens is 204 g/mol. The number of fused-ring (bicyclic) bond motifs is 1. The van der Waals surface area contributed by atoms with Crippen LogP contribution < -0.4 is 0 Å². The molecule has 1 aromatic heterocycles. The summed E-state index contributed by atoms with van der Waals surface area (Å²) >= 11 is 3.40. The smallest absolute Gasteiger partial charge is 0.134 e. The molecule has 0 radical (unpaired) electrons. The Morgan fingerprint density at radius 3 is 2.91 bits per heavy atom. The fraction of sp³-hybridized carbons (Fsp3) is 0.111. The lowest BCUT2D eigenvalue weighted by atomic mass is 10.2. The second-order valence-electron chi connectivity index (χ2n) is 2.54. The summed E-state index contributed by atoms with van der Waals surface area (Å²) in [5.41, 5.74) is 0.950. The summed E-state index contributed by atoms with van der Waals surface area (Å²) < 4.78 is 6.49. The van der Waals surface area contributed by atoms with Gasteiger partial charge in [0.05, 0.1) is 0 Å². The van der Waals surface area contributed by atoms with Crippen LogP contribution in [0.5, 0.6) is 0 Å². The zero-order valence-corrected chi connectivity index (χ0v) is 7.68. The molecule has 0 unspecified atom stereocenters. The Hall–Kier alpha value is -0.760. The van der Waals surface area contributed by atoms with Gasteiger partial charge in [0.1, 0.15) is 11.3 Å². The van der Waals surface area contributed by atoms with E-state index in [4.69, 9.17) is 4.42 Å². The van der Waals surface area contributed by atoms with E-state index in [-0.39, 0.29) is 0 Å². The van der Waals surface area contributed by atoms with Crippen molar-refractivity contribution in [3.63, 3.8) is 0 Å². The van der Waals surface area contributed by atoms with Gasteiger partial charge in [-0.25, -0.2) is 0 Å². The molecule has 0 saturated heterocycles. The Morgan fingerprint density at radius 1 is 1.27 bits per heavy atom. The summed E-state index contributed by atoms with van der Waals surface area (Å²) in [5.74, 6) is 0.957. The van der Waals surface area contributed by atoms with Gasteiger partial charge < -0.3 is 4.42 Å². The first-order chi connectivity index (χ1) is 5.25. The van der Waals surface area contributed by atoms with Gasteiger partial charge in [0.2, 0.25) is 0 Å². The summed E-state index contributed by atoms with van der Waals surface area (Å²) in [6, 6.07) is 8.02. The predicted octanol–water partition coefficient (Wildman–Crippen LogP) is 3.50. The Kier molecular flexibility index (Phi) is 1.50. The minimum Gasteiger partial charge on any atom is -0.461 e. The summed E-state index contributed by atoms with van der Waals surface area (Å²) in [6.07, 6.45) is 0. The maximum absolute atomic E-state index is 5.40. The normalized spacial score (nSPS) is 10.7. The summed E-state index contributed by atoms with van der Waals surface area (Å²) in [6.45, 7) is 1.95. The molecule has 0 fully saturated rings. The third-order valence-electron chi connectivity index (χ3n) is 1.60. The molecule has 0 saturated carbocycles. The Bertz CT molecular complexity index is 389. The molecule has 0 aliphatic rings. The van der Waals surface area contributed by atoms with E-state index in [0.717, 1.165) is 21.2 Å². The maximum atomic E-state index is 5.40. The summed E-state index contributed by atoms with van der Waals surface area (Å²) in [5, 5.41) is 1.15. The molecule has 0 atom stereocenters. The number of aryl methyl sites for hydroxylation is 1. The Balaban J connectivity index is 2.82.